The molecule has 0 saturated heterocycles. The van der Waals surface area contributed by atoms with Gasteiger partial charge in [0.15, 0.2) is 0 Å². The molecular formula is C16H15N3O. The molecule has 4 nitrogen and oxygen atoms in total. The van der Waals surface area contributed by atoms with Gasteiger partial charge in [0.05, 0.1) is 5.52 Å². The average molecular weight is 265 g/mol. The molecule has 0 aliphatic carbocycles. The molecule has 1 N–H and O–H groups in total. The molecule has 0 fully saturated rings. The summed E-state index contributed by atoms with van der Waals surface area (Å²) in [5, 5.41) is 5.41. The van der Waals surface area contributed by atoms with Crippen LogP contribution >= 0.6 is 0 Å². The van der Waals surface area contributed by atoms with E-state index >= 15 is 0 Å². The lowest BCUT2D eigenvalue weighted by molar-refractivity contribution is 0.525. The molecule has 0 bridgehead atoms. The fraction of sp³-hybridized carbons (Fsp3) is 0.125. The Hall–Kier alpha value is -2.62. The molecule has 0 aliphatic heterocycles. The van der Waals surface area contributed by atoms with Crippen LogP contribution in [0.4, 0.5) is 5.82 Å². The zero-order valence-electron chi connectivity index (χ0n) is 11.4. The number of hydrogen-bond donors (Lipinski definition) is 1. The molecule has 0 aliphatic rings. The Balaban J connectivity index is 1.82. The van der Waals surface area contributed by atoms with Crippen molar-refractivity contribution in [2.24, 2.45) is 5.10 Å². The lowest BCUT2D eigenvalue weighted by atomic mass is 10.2. The van der Waals surface area contributed by atoms with Crippen LogP contribution in [0.2, 0.25) is 0 Å². The van der Waals surface area contributed by atoms with Gasteiger partial charge in [-0.05, 0) is 44.2 Å². The Kier molecular flexibility index (Phi) is 3.21. The summed E-state index contributed by atoms with van der Waals surface area (Å²) < 4.78 is 5.51. The summed E-state index contributed by atoms with van der Waals surface area (Å²) in [4.78, 5) is 4.50. The third-order valence-electron chi connectivity index (χ3n) is 3.03. The summed E-state index contributed by atoms with van der Waals surface area (Å²) in [6, 6.07) is 15.7. The fourth-order valence-corrected chi connectivity index (χ4v) is 1.95. The molecule has 0 saturated carbocycles. The lowest BCUT2D eigenvalue weighted by Crippen LogP contribution is -1.99. The number of rotatable bonds is 3. The van der Waals surface area contributed by atoms with Gasteiger partial charge in [-0.25, -0.2) is 4.98 Å². The van der Waals surface area contributed by atoms with Gasteiger partial charge >= 0.3 is 0 Å². The molecule has 4 heteroatoms. The van der Waals surface area contributed by atoms with Gasteiger partial charge in [-0.15, -0.1) is 0 Å². The molecular weight excluding hydrogens is 250 g/mol. The third kappa shape index (κ3) is 2.54. The van der Waals surface area contributed by atoms with Crippen LogP contribution < -0.4 is 5.43 Å². The summed E-state index contributed by atoms with van der Waals surface area (Å²) in [7, 11) is 0. The lowest BCUT2D eigenvalue weighted by Gasteiger charge is -2.03. The molecule has 0 atom stereocenters. The Bertz CT molecular complexity index is 774. The first-order valence-electron chi connectivity index (χ1n) is 6.45. The van der Waals surface area contributed by atoms with Crippen molar-refractivity contribution in [3.63, 3.8) is 0 Å². The Morgan fingerprint density at radius 1 is 1.10 bits per heavy atom. The normalized spacial score (nSPS) is 11.8. The van der Waals surface area contributed by atoms with Crippen LogP contribution in [0.15, 0.2) is 58.0 Å². The first-order valence-corrected chi connectivity index (χ1v) is 6.45. The van der Waals surface area contributed by atoms with Crippen LogP contribution in [0.25, 0.3) is 10.9 Å². The molecule has 1 aromatic carbocycles. The summed E-state index contributed by atoms with van der Waals surface area (Å²) in [5.41, 5.74) is 4.69. The number of furan rings is 1. The molecule has 2 heterocycles. The number of aryl methyl sites for hydroxylation is 1. The van der Waals surface area contributed by atoms with E-state index in [2.05, 4.69) is 15.5 Å². The van der Waals surface area contributed by atoms with Gasteiger partial charge in [0.2, 0.25) is 0 Å². The van der Waals surface area contributed by atoms with Gasteiger partial charge in [0.1, 0.15) is 23.1 Å². The van der Waals surface area contributed by atoms with E-state index in [0.29, 0.717) is 5.82 Å². The highest BCUT2D eigenvalue weighted by Gasteiger charge is 2.02. The van der Waals surface area contributed by atoms with Crippen molar-refractivity contribution in [3.05, 3.63) is 60.1 Å². The molecule has 20 heavy (non-hydrogen) atoms. The zero-order valence-corrected chi connectivity index (χ0v) is 11.4. The maximum Gasteiger partial charge on any atom is 0.149 e. The van der Waals surface area contributed by atoms with E-state index in [0.717, 1.165) is 28.1 Å². The zero-order chi connectivity index (χ0) is 13.9. The minimum atomic E-state index is 0.714. The number of hydrogen-bond acceptors (Lipinski definition) is 4. The summed E-state index contributed by atoms with van der Waals surface area (Å²) in [5.74, 6) is 2.35. The van der Waals surface area contributed by atoms with E-state index in [4.69, 9.17) is 4.42 Å². The molecule has 100 valence electrons. The summed E-state index contributed by atoms with van der Waals surface area (Å²) in [6.07, 6.45) is 0. The number of fused-ring (bicyclic) bond motifs is 1. The number of nitrogens with one attached hydrogen (secondary N) is 1. The number of benzene rings is 1. The van der Waals surface area contributed by atoms with E-state index in [1.807, 2.05) is 62.4 Å². The molecule has 0 unspecified atom stereocenters. The van der Waals surface area contributed by atoms with E-state index in [1.165, 1.54) is 0 Å². The Morgan fingerprint density at radius 3 is 2.75 bits per heavy atom. The fourth-order valence-electron chi connectivity index (χ4n) is 1.95. The van der Waals surface area contributed by atoms with Crippen LogP contribution in [-0.4, -0.2) is 10.7 Å². The predicted molar refractivity (Wildman–Crippen MR) is 81.0 cm³/mol. The maximum atomic E-state index is 5.51. The van der Waals surface area contributed by atoms with Gasteiger partial charge in [0.25, 0.3) is 0 Å². The highest BCUT2D eigenvalue weighted by atomic mass is 16.3. The van der Waals surface area contributed by atoms with Crippen LogP contribution in [0.1, 0.15) is 18.4 Å². The Labute approximate surface area is 117 Å². The highest BCUT2D eigenvalue weighted by molar-refractivity contribution is 5.96. The second-order valence-electron chi connectivity index (χ2n) is 4.61. The van der Waals surface area contributed by atoms with Gasteiger partial charge in [0, 0.05) is 5.39 Å². The van der Waals surface area contributed by atoms with Gasteiger partial charge in [-0.3, -0.25) is 5.43 Å². The quantitative estimate of drug-likeness (QED) is 0.575. The SMILES string of the molecule is C/C(=N\Nc1ccc2ccccc2n1)c1ccc(C)o1. The molecule has 0 radical (unpaired) electrons. The second kappa shape index (κ2) is 5.17. The minimum absolute atomic E-state index is 0.714. The van der Waals surface area contributed by atoms with Gasteiger partial charge in [-0.2, -0.15) is 5.10 Å². The highest BCUT2D eigenvalue weighted by Crippen LogP contribution is 2.15. The maximum absolute atomic E-state index is 5.51. The number of anilines is 1. The van der Waals surface area contributed by atoms with Crippen molar-refractivity contribution < 1.29 is 4.42 Å². The smallest absolute Gasteiger partial charge is 0.149 e. The first-order chi connectivity index (χ1) is 9.72. The molecule has 0 spiro atoms. The van der Waals surface area contributed by atoms with Crippen LogP contribution in [0.3, 0.4) is 0 Å². The van der Waals surface area contributed by atoms with E-state index < -0.39 is 0 Å². The Morgan fingerprint density at radius 2 is 1.95 bits per heavy atom. The van der Waals surface area contributed by atoms with E-state index in [-0.39, 0.29) is 0 Å². The van der Waals surface area contributed by atoms with Crippen molar-refractivity contribution in [1.29, 1.82) is 0 Å². The minimum Gasteiger partial charge on any atom is -0.460 e. The molecule has 3 rings (SSSR count). The summed E-state index contributed by atoms with van der Waals surface area (Å²) >= 11 is 0. The van der Waals surface area contributed by atoms with Crippen LogP contribution in [0, 0.1) is 6.92 Å². The predicted octanol–water partition coefficient (Wildman–Crippen LogP) is 3.97. The van der Waals surface area contributed by atoms with Gasteiger partial charge in [-0.1, -0.05) is 18.2 Å². The van der Waals surface area contributed by atoms with E-state index in [1.54, 1.807) is 0 Å². The molecule has 2 aromatic heterocycles. The third-order valence-corrected chi connectivity index (χ3v) is 3.03. The van der Waals surface area contributed by atoms with Gasteiger partial charge < -0.3 is 4.42 Å². The monoisotopic (exact) mass is 265 g/mol. The van der Waals surface area contributed by atoms with Crippen molar-refractivity contribution in [2.45, 2.75) is 13.8 Å². The van der Waals surface area contributed by atoms with Crippen LogP contribution in [0.5, 0.6) is 0 Å². The number of nitrogens with zero attached hydrogens (tertiary/aromatic N) is 2. The first kappa shape index (κ1) is 12.4. The van der Waals surface area contributed by atoms with Crippen molar-refractivity contribution >= 4 is 22.4 Å². The number of para-hydroxylation sites is 1. The summed E-state index contributed by atoms with van der Waals surface area (Å²) in [6.45, 7) is 3.81. The number of hydrazone groups is 1. The molecule has 3 aromatic rings. The number of aromatic nitrogens is 1. The average Bonchev–Trinajstić information content (AvgIpc) is 2.91. The number of pyridine rings is 1. The van der Waals surface area contributed by atoms with E-state index in [9.17, 15) is 0 Å². The van der Waals surface area contributed by atoms with Crippen LogP contribution in [-0.2, 0) is 0 Å². The van der Waals surface area contributed by atoms with Crippen molar-refractivity contribution in [3.8, 4) is 0 Å². The standard InChI is InChI=1S/C16H15N3O/c1-11-7-9-15(20-11)12(2)18-19-16-10-8-13-5-3-4-6-14(13)17-16/h3-10H,1-2H3,(H,17,19)/b18-12+. The second-order valence-corrected chi connectivity index (χ2v) is 4.61. The van der Waals surface area contributed by atoms with Crippen molar-refractivity contribution in [1.82, 2.24) is 4.98 Å². The topological polar surface area (TPSA) is 50.4 Å². The van der Waals surface area contributed by atoms with Crippen molar-refractivity contribution in [2.75, 3.05) is 5.43 Å². The largest absolute Gasteiger partial charge is 0.460 e. The molecule has 0 amide bonds.